The Kier molecular flexibility index (Phi) is 21.3. The summed E-state index contributed by atoms with van der Waals surface area (Å²) in [4.78, 5) is 58.1. The second kappa shape index (κ2) is 29.7. The van der Waals surface area contributed by atoms with Crippen LogP contribution in [0.3, 0.4) is 0 Å². The van der Waals surface area contributed by atoms with E-state index in [1.54, 1.807) is 66.7 Å². The van der Waals surface area contributed by atoms with E-state index in [9.17, 15) is 24.3 Å². The Bertz CT molecular complexity index is 3490. The number of ether oxygens (including phenoxy) is 9. The largest absolute Gasteiger partial charge is 0.494 e. The molecule has 81 heavy (non-hydrogen) atoms. The van der Waals surface area contributed by atoms with Gasteiger partial charge in [0.25, 0.3) is 0 Å². The molecule has 0 aliphatic heterocycles. The van der Waals surface area contributed by atoms with Crippen molar-refractivity contribution in [2.24, 2.45) is 0 Å². The van der Waals surface area contributed by atoms with Gasteiger partial charge in [-0.25, -0.2) is 29.1 Å². The molecule has 0 saturated heterocycles. The first kappa shape index (κ1) is 58.0. The lowest BCUT2D eigenvalue weighted by Gasteiger charge is -2.17. The fourth-order valence-electron chi connectivity index (χ4n) is 8.74. The van der Waals surface area contributed by atoms with Gasteiger partial charge < -0.3 is 47.7 Å². The summed E-state index contributed by atoms with van der Waals surface area (Å²) < 4.78 is 50.3. The number of rotatable bonds is 32. The van der Waals surface area contributed by atoms with Gasteiger partial charge in [-0.1, -0.05) is 56.1 Å². The van der Waals surface area contributed by atoms with Crippen LogP contribution in [0.1, 0.15) is 73.6 Å². The highest BCUT2D eigenvalue weighted by molar-refractivity contribution is 6.24. The molecule has 7 aromatic carbocycles. The summed E-state index contributed by atoms with van der Waals surface area (Å²) in [7, 11) is 0. The number of hydrogen-bond acceptors (Lipinski definition) is 16. The normalized spacial score (nSPS) is 11.4. The average Bonchev–Trinajstić information content (AvgIpc) is 3.56. The molecule has 0 aliphatic carbocycles. The van der Waals surface area contributed by atoms with Crippen LogP contribution >= 0.6 is 0 Å². The predicted octanol–water partition coefficient (Wildman–Crippen LogP) is 12.5. The van der Waals surface area contributed by atoms with Gasteiger partial charge in [-0.2, -0.15) is 0 Å². The summed E-state index contributed by atoms with van der Waals surface area (Å²) in [6.45, 7) is 12.9. The third kappa shape index (κ3) is 16.7. The van der Waals surface area contributed by atoms with Crippen LogP contribution < -0.4 is 23.7 Å². The molecular weight excluding hydrogens is 1030 g/mol. The Morgan fingerprint density at radius 3 is 1.59 bits per heavy atom. The standard InChI is InChI=1S/C65H64N2O14/c1-4-59(68)77-34-13-9-7-11-32-74-48-21-25-50(26-22-48)80-64(71)46-18-29-53-54-30-19-47(65(72)81-51-27-23-49(24-28-51)75-33-12-8-10-14-35-78-60(69)5-2)42-56(54)63-62(55(53)41-46)66-57-31-20-45(43-58(57)67-63)44-16-15-17-52(40-44)76-38-36-73-37-39-79-61(70)6-3/h4-6,15-31,40-43,65,72H,1-3,7-14,32-39H2. The van der Waals surface area contributed by atoms with Crippen LogP contribution in [0.5, 0.6) is 28.7 Å². The lowest BCUT2D eigenvalue weighted by molar-refractivity contribution is -0.139. The van der Waals surface area contributed by atoms with E-state index in [-0.39, 0.29) is 19.8 Å². The number of nitrogens with zero attached hydrogens (tertiary/aromatic N) is 2. The minimum atomic E-state index is -1.35. The molecule has 418 valence electrons. The van der Waals surface area contributed by atoms with Crippen molar-refractivity contribution in [1.29, 1.82) is 0 Å². The third-order valence-electron chi connectivity index (χ3n) is 12.9. The van der Waals surface area contributed by atoms with Gasteiger partial charge in [-0.15, -0.1) is 0 Å². The zero-order valence-electron chi connectivity index (χ0n) is 45.0. The average molecular weight is 1100 g/mol. The maximum absolute atomic E-state index is 13.9. The van der Waals surface area contributed by atoms with Crippen molar-refractivity contribution < 1.29 is 66.9 Å². The molecule has 8 aromatic rings. The molecule has 0 fully saturated rings. The van der Waals surface area contributed by atoms with Gasteiger partial charge in [0.15, 0.2) is 0 Å². The van der Waals surface area contributed by atoms with Gasteiger partial charge in [0.1, 0.15) is 42.0 Å². The predicted molar refractivity (Wildman–Crippen MR) is 309 cm³/mol. The Balaban J connectivity index is 1.000. The van der Waals surface area contributed by atoms with Gasteiger partial charge in [0, 0.05) is 34.6 Å². The lowest BCUT2D eigenvalue weighted by atomic mass is 9.96. The maximum Gasteiger partial charge on any atom is 0.343 e. The van der Waals surface area contributed by atoms with E-state index in [4.69, 9.17) is 52.6 Å². The first-order chi connectivity index (χ1) is 39.6. The summed E-state index contributed by atoms with van der Waals surface area (Å²) >= 11 is 0. The molecule has 8 rings (SSSR count). The summed E-state index contributed by atoms with van der Waals surface area (Å²) in [6.07, 6.45) is 8.93. The zero-order valence-corrected chi connectivity index (χ0v) is 45.0. The van der Waals surface area contributed by atoms with E-state index in [0.29, 0.717) is 106 Å². The van der Waals surface area contributed by atoms with Crippen LogP contribution in [0.25, 0.3) is 54.7 Å². The number of carbonyl (C=O) groups is 4. The van der Waals surface area contributed by atoms with Crippen LogP contribution in [0.2, 0.25) is 0 Å². The van der Waals surface area contributed by atoms with Gasteiger partial charge in [0.05, 0.1) is 67.3 Å². The zero-order chi connectivity index (χ0) is 56.8. The van der Waals surface area contributed by atoms with Gasteiger partial charge in [0.2, 0.25) is 6.29 Å². The first-order valence-corrected chi connectivity index (χ1v) is 26.9. The van der Waals surface area contributed by atoms with E-state index >= 15 is 0 Å². The SMILES string of the molecule is C=CC(=O)OCCCCCCOc1ccc(OC(=O)c2ccc3c4ccc(C(O)Oc5ccc(OCCCCCCOC(=O)C=C)cc5)cc4c4nc5cc(-c6cccc(OCCOCCOC(=O)C=C)c6)ccc5nc4c3c2)cc1. The molecule has 1 heterocycles. The van der Waals surface area contributed by atoms with Crippen molar-refractivity contribution in [2.75, 3.05) is 52.9 Å². The van der Waals surface area contributed by atoms with Gasteiger partial charge in [-0.05, 0) is 164 Å². The Hall–Kier alpha value is -9.12. The molecule has 0 radical (unpaired) electrons. The van der Waals surface area contributed by atoms with Crippen molar-refractivity contribution in [3.8, 4) is 39.9 Å². The van der Waals surface area contributed by atoms with Crippen LogP contribution in [0.4, 0.5) is 0 Å². The number of aliphatic hydroxyl groups excluding tert-OH is 1. The fourth-order valence-corrected chi connectivity index (χ4v) is 8.74. The summed E-state index contributed by atoms with van der Waals surface area (Å²) in [5.41, 5.74) is 4.85. The fraction of sp³-hybridized carbons (Fsp3) is 0.262. The minimum Gasteiger partial charge on any atom is -0.494 e. The number of carbonyl (C=O) groups excluding carboxylic acids is 4. The molecule has 1 aromatic heterocycles. The summed E-state index contributed by atoms with van der Waals surface area (Å²) in [6, 6.07) is 38.4. The smallest absolute Gasteiger partial charge is 0.343 e. The number of unbranched alkanes of at least 4 members (excludes halogenated alkanes) is 6. The van der Waals surface area contributed by atoms with Gasteiger partial charge in [-0.3, -0.25) is 0 Å². The van der Waals surface area contributed by atoms with Crippen LogP contribution in [0.15, 0.2) is 165 Å². The second-order valence-corrected chi connectivity index (χ2v) is 18.6. The topological polar surface area (TPSA) is 197 Å². The highest BCUT2D eigenvalue weighted by Crippen LogP contribution is 2.38. The molecule has 0 bridgehead atoms. The lowest BCUT2D eigenvalue weighted by Crippen LogP contribution is -2.12. The number of benzene rings is 7. The van der Waals surface area contributed by atoms with Crippen molar-refractivity contribution in [1.82, 2.24) is 9.97 Å². The van der Waals surface area contributed by atoms with E-state index in [2.05, 4.69) is 19.7 Å². The van der Waals surface area contributed by atoms with Crippen molar-refractivity contribution in [3.63, 3.8) is 0 Å². The quantitative estimate of drug-likeness (QED) is 0.00610. The molecule has 16 nitrogen and oxygen atoms in total. The van der Waals surface area contributed by atoms with Crippen LogP contribution in [-0.4, -0.2) is 91.8 Å². The monoisotopic (exact) mass is 1100 g/mol. The van der Waals surface area contributed by atoms with E-state index < -0.39 is 30.2 Å². The molecule has 0 spiro atoms. The Morgan fingerprint density at radius 1 is 0.444 bits per heavy atom. The van der Waals surface area contributed by atoms with Crippen LogP contribution in [0, 0.1) is 0 Å². The molecule has 0 amide bonds. The highest BCUT2D eigenvalue weighted by Gasteiger charge is 2.19. The molecule has 1 N–H and O–H groups in total. The number of esters is 4. The molecule has 1 atom stereocenters. The minimum absolute atomic E-state index is 0.119. The second-order valence-electron chi connectivity index (χ2n) is 18.6. The van der Waals surface area contributed by atoms with Crippen molar-refractivity contribution >= 4 is 67.5 Å². The molecule has 0 saturated carbocycles. The number of aromatic nitrogens is 2. The maximum atomic E-state index is 13.9. The van der Waals surface area contributed by atoms with Gasteiger partial charge >= 0.3 is 23.9 Å². The van der Waals surface area contributed by atoms with E-state index in [1.165, 1.54) is 0 Å². The number of fused-ring (bicyclic) bond motifs is 7. The first-order valence-electron chi connectivity index (χ1n) is 26.9. The number of hydrogen-bond donors (Lipinski definition) is 1. The van der Waals surface area contributed by atoms with E-state index in [0.717, 1.165) is 91.5 Å². The summed E-state index contributed by atoms with van der Waals surface area (Å²) in [5, 5.41) is 14.6. The molecule has 16 heteroatoms. The Labute approximate surface area is 469 Å². The molecular formula is C65H64N2O14. The summed E-state index contributed by atoms with van der Waals surface area (Å²) in [5.74, 6) is 0.835. The number of aliphatic hydroxyl groups is 1. The van der Waals surface area contributed by atoms with E-state index in [1.807, 2.05) is 60.7 Å². The highest BCUT2D eigenvalue weighted by atomic mass is 16.6. The third-order valence-corrected chi connectivity index (χ3v) is 12.9. The van der Waals surface area contributed by atoms with Crippen molar-refractivity contribution in [3.05, 3.63) is 176 Å². The molecule has 0 aliphatic rings. The van der Waals surface area contributed by atoms with Crippen molar-refractivity contribution in [2.45, 2.75) is 57.7 Å². The Morgan fingerprint density at radius 2 is 0.963 bits per heavy atom. The van der Waals surface area contributed by atoms with Crippen LogP contribution in [-0.2, 0) is 33.3 Å². The molecule has 1 unspecified atom stereocenters.